The molecule has 9 nitrogen and oxygen atoms in total. The minimum Gasteiger partial charge on any atom is -0.436 e. The summed E-state index contributed by atoms with van der Waals surface area (Å²) < 4.78 is 12.3. The van der Waals surface area contributed by atoms with E-state index in [1.54, 1.807) is 0 Å². The van der Waals surface area contributed by atoms with Crippen LogP contribution in [0, 0.1) is 5.92 Å². The lowest BCUT2D eigenvalue weighted by Gasteiger charge is -2.22. The monoisotopic (exact) mass is 749 g/mol. The van der Waals surface area contributed by atoms with Crippen molar-refractivity contribution < 1.29 is 8.83 Å². The third kappa shape index (κ3) is 8.62. The molecule has 4 aromatic carbocycles. The van der Waals surface area contributed by atoms with Crippen LogP contribution in [-0.4, -0.2) is 24.9 Å². The van der Waals surface area contributed by atoms with E-state index in [9.17, 15) is 0 Å². The Hall–Kier alpha value is -5.57. The van der Waals surface area contributed by atoms with Crippen molar-refractivity contribution in [3.8, 4) is 22.9 Å². The summed E-state index contributed by atoms with van der Waals surface area (Å²) in [5.74, 6) is 3.41. The number of nitrogens with zero attached hydrogens (tertiary/aromatic N) is 5. The van der Waals surface area contributed by atoms with Gasteiger partial charge in [-0.05, 0) is 114 Å². The van der Waals surface area contributed by atoms with Gasteiger partial charge >= 0.3 is 0 Å². The highest BCUT2D eigenvalue weighted by Gasteiger charge is 2.21. The fraction of sp³-hybridized carbons (Fsp3) is 0.383. The quantitative estimate of drug-likeness (QED) is 0.0996. The van der Waals surface area contributed by atoms with Gasteiger partial charge in [0.05, 0.1) is 0 Å². The van der Waals surface area contributed by atoms with Gasteiger partial charge in [0.2, 0.25) is 23.7 Å². The van der Waals surface area contributed by atoms with Crippen molar-refractivity contribution in [3.05, 3.63) is 102 Å². The summed E-state index contributed by atoms with van der Waals surface area (Å²) in [6.45, 7) is 17.9. The first-order chi connectivity index (χ1) is 27.0. The lowest BCUT2D eigenvalue weighted by atomic mass is 9.82. The molecule has 0 aliphatic carbocycles. The number of oxazole rings is 2. The number of hydrogen-bond donors (Lipinski definition) is 2. The molecule has 0 aliphatic rings. The van der Waals surface area contributed by atoms with E-state index in [-0.39, 0.29) is 10.8 Å². The molecule has 0 fully saturated rings. The smallest absolute Gasteiger partial charge is 0.232 e. The van der Waals surface area contributed by atoms with E-state index < -0.39 is 0 Å². The van der Waals surface area contributed by atoms with Crippen LogP contribution in [0.5, 0.6) is 0 Å². The largest absolute Gasteiger partial charge is 0.436 e. The zero-order valence-corrected chi connectivity index (χ0v) is 34.2. The van der Waals surface area contributed by atoms with Crippen molar-refractivity contribution in [1.29, 1.82) is 0 Å². The van der Waals surface area contributed by atoms with Gasteiger partial charge in [0.1, 0.15) is 16.9 Å². The maximum Gasteiger partial charge on any atom is 0.232 e. The molecule has 0 spiro atoms. The summed E-state index contributed by atoms with van der Waals surface area (Å²) in [6, 6.07) is 28.7. The lowest BCUT2D eigenvalue weighted by Crippen LogP contribution is -2.14. The Morgan fingerprint density at radius 3 is 1.45 bits per heavy atom. The Morgan fingerprint density at radius 2 is 1.04 bits per heavy atom. The number of nitrogens with one attached hydrogen (secondary N) is 2. The predicted molar refractivity (Wildman–Crippen MR) is 229 cm³/mol. The fourth-order valence-electron chi connectivity index (χ4n) is 6.83. The Balaban J connectivity index is 1.10. The predicted octanol–water partition coefficient (Wildman–Crippen LogP) is 13.1. The molecular weight excluding hydrogens is 695 g/mol. The van der Waals surface area contributed by atoms with Crippen LogP contribution >= 0.6 is 0 Å². The molecule has 290 valence electrons. The standard InChI is InChI=1S/C47H55N7O2/c1-9-13-14-30(10-2)27-41-52-44(48-35-21-15-31(16-22-35)42-50-37-28-33(46(5,6)11-3)19-25-39(37)55-42)54-45(53-41)49-36-23-17-32(18-24-36)43-51-38-29-34(47(7,8)12-4)20-26-40(38)56-43/h15-26,28-30H,9-14,27H2,1-8H3,(H2,48,49,52,53,54). The SMILES string of the molecule is CCCCC(CC)Cc1nc(Nc2ccc(-c3nc4cc(C(C)(C)CC)ccc4o3)cc2)nc(Nc2ccc(-c3nc4cc(C(C)(C)CC)ccc4o3)cc2)n1. The van der Waals surface area contributed by atoms with Crippen LogP contribution in [0.3, 0.4) is 0 Å². The van der Waals surface area contributed by atoms with Crippen LogP contribution in [0.1, 0.15) is 111 Å². The molecule has 0 saturated carbocycles. The van der Waals surface area contributed by atoms with E-state index in [1.807, 2.05) is 60.7 Å². The van der Waals surface area contributed by atoms with Crippen molar-refractivity contribution >= 4 is 45.5 Å². The number of anilines is 4. The molecule has 7 aromatic rings. The minimum absolute atomic E-state index is 0.0768. The zero-order chi connectivity index (χ0) is 39.5. The number of aromatic nitrogens is 5. The van der Waals surface area contributed by atoms with Crippen LogP contribution in [0.2, 0.25) is 0 Å². The number of unbranched alkanes of at least 4 members (excludes halogenated alkanes) is 1. The summed E-state index contributed by atoms with van der Waals surface area (Å²) in [7, 11) is 0. The zero-order valence-electron chi connectivity index (χ0n) is 34.2. The minimum atomic E-state index is 0.0768. The molecule has 2 N–H and O–H groups in total. The van der Waals surface area contributed by atoms with Crippen LogP contribution in [0.25, 0.3) is 45.1 Å². The maximum atomic E-state index is 6.16. The summed E-state index contributed by atoms with van der Waals surface area (Å²) >= 11 is 0. The highest BCUT2D eigenvalue weighted by Crippen LogP contribution is 2.34. The van der Waals surface area contributed by atoms with Crippen LogP contribution in [0.15, 0.2) is 93.8 Å². The van der Waals surface area contributed by atoms with Crippen molar-refractivity contribution in [2.45, 2.75) is 111 Å². The van der Waals surface area contributed by atoms with Gasteiger partial charge in [-0.1, -0.05) is 93.2 Å². The maximum absolute atomic E-state index is 6.16. The van der Waals surface area contributed by atoms with E-state index in [0.29, 0.717) is 29.6 Å². The first kappa shape index (κ1) is 38.7. The summed E-state index contributed by atoms with van der Waals surface area (Å²) in [5, 5.41) is 6.85. The first-order valence-electron chi connectivity index (χ1n) is 20.3. The van der Waals surface area contributed by atoms with Crippen molar-refractivity contribution in [2.24, 2.45) is 5.92 Å². The average Bonchev–Trinajstić information content (AvgIpc) is 3.84. The fourth-order valence-corrected chi connectivity index (χ4v) is 6.83. The molecular formula is C47H55N7O2. The van der Waals surface area contributed by atoms with Gasteiger partial charge in [-0.15, -0.1) is 0 Å². The van der Waals surface area contributed by atoms with Crippen molar-refractivity contribution in [3.63, 3.8) is 0 Å². The molecule has 3 aromatic heterocycles. The van der Waals surface area contributed by atoms with Crippen molar-refractivity contribution in [1.82, 2.24) is 24.9 Å². The second-order valence-electron chi connectivity index (χ2n) is 16.3. The van der Waals surface area contributed by atoms with Crippen LogP contribution in [-0.2, 0) is 17.3 Å². The number of rotatable bonds is 16. The Bertz CT molecular complexity index is 2250. The molecule has 0 bridgehead atoms. The molecule has 0 aliphatic heterocycles. The molecule has 3 heterocycles. The Labute approximate surface area is 330 Å². The van der Waals surface area contributed by atoms with Crippen LogP contribution in [0.4, 0.5) is 23.3 Å². The molecule has 9 heteroatoms. The van der Waals surface area contributed by atoms with E-state index in [0.717, 1.165) is 82.6 Å². The van der Waals surface area contributed by atoms with Gasteiger partial charge in [-0.2, -0.15) is 15.0 Å². The van der Waals surface area contributed by atoms with Gasteiger partial charge in [0.15, 0.2) is 11.2 Å². The lowest BCUT2D eigenvalue weighted by molar-refractivity contribution is 0.440. The number of benzene rings is 4. The summed E-state index contributed by atoms with van der Waals surface area (Å²) in [6.07, 6.45) is 7.45. The van der Waals surface area contributed by atoms with Gasteiger partial charge in [0.25, 0.3) is 0 Å². The average molecular weight is 750 g/mol. The number of fused-ring (bicyclic) bond motifs is 2. The van der Waals surface area contributed by atoms with E-state index in [4.69, 9.17) is 33.8 Å². The normalized spacial score (nSPS) is 12.7. The van der Waals surface area contributed by atoms with Gasteiger partial charge in [0, 0.05) is 28.9 Å². The van der Waals surface area contributed by atoms with Gasteiger partial charge < -0.3 is 19.5 Å². The summed E-state index contributed by atoms with van der Waals surface area (Å²) in [5.41, 5.74) is 9.48. The second-order valence-corrected chi connectivity index (χ2v) is 16.3. The highest BCUT2D eigenvalue weighted by atomic mass is 16.4. The third-order valence-corrected chi connectivity index (χ3v) is 11.6. The topological polar surface area (TPSA) is 115 Å². The second kappa shape index (κ2) is 16.3. The molecule has 0 radical (unpaired) electrons. The summed E-state index contributed by atoms with van der Waals surface area (Å²) in [4.78, 5) is 24.2. The molecule has 56 heavy (non-hydrogen) atoms. The van der Waals surface area contributed by atoms with E-state index in [1.165, 1.54) is 24.0 Å². The molecule has 7 rings (SSSR count). The third-order valence-electron chi connectivity index (χ3n) is 11.6. The van der Waals surface area contributed by atoms with Crippen LogP contribution < -0.4 is 10.6 Å². The Kier molecular flexibility index (Phi) is 11.2. The number of hydrogen-bond acceptors (Lipinski definition) is 9. The molecule has 0 amide bonds. The molecule has 0 saturated heterocycles. The van der Waals surface area contributed by atoms with Gasteiger partial charge in [-0.3, -0.25) is 0 Å². The van der Waals surface area contributed by atoms with Gasteiger partial charge in [-0.25, -0.2) is 9.97 Å². The first-order valence-corrected chi connectivity index (χ1v) is 20.3. The van der Waals surface area contributed by atoms with Crippen molar-refractivity contribution in [2.75, 3.05) is 10.6 Å². The highest BCUT2D eigenvalue weighted by molar-refractivity contribution is 5.79. The molecule has 1 unspecified atom stereocenters. The Morgan fingerprint density at radius 1 is 0.571 bits per heavy atom. The molecule has 1 atom stereocenters. The van der Waals surface area contributed by atoms with E-state index in [2.05, 4.69) is 90.3 Å². The van der Waals surface area contributed by atoms with E-state index >= 15 is 0 Å².